The predicted octanol–water partition coefficient (Wildman–Crippen LogP) is 1.98. The maximum Gasteiger partial charge on any atom is 0.268 e. The van der Waals surface area contributed by atoms with E-state index in [-0.39, 0.29) is 17.7 Å². The van der Waals surface area contributed by atoms with Crippen LogP contribution in [0.5, 0.6) is 5.75 Å². The van der Waals surface area contributed by atoms with Gasteiger partial charge in [-0.25, -0.2) is 0 Å². The molecule has 0 aliphatic rings. The molecule has 0 bridgehead atoms. The Balaban J connectivity index is 2.10. The van der Waals surface area contributed by atoms with Crippen LogP contribution in [0.3, 0.4) is 0 Å². The van der Waals surface area contributed by atoms with Crippen LogP contribution in [0.2, 0.25) is 0 Å². The summed E-state index contributed by atoms with van der Waals surface area (Å²) in [5.41, 5.74) is 0.936. The van der Waals surface area contributed by atoms with Gasteiger partial charge in [0.1, 0.15) is 30.1 Å². The topological polar surface area (TPSA) is 78.8 Å². The van der Waals surface area contributed by atoms with Crippen molar-refractivity contribution < 1.29 is 4.74 Å². The van der Waals surface area contributed by atoms with Crippen LogP contribution in [-0.4, -0.2) is 11.2 Å². The van der Waals surface area contributed by atoms with E-state index in [0.29, 0.717) is 23.4 Å². The first kappa shape index (κ1) is 14.4. The summed E-state index contributed by atoms with van der Waals surface area (Å²) >= 11 is 0. The lowest BCUT2D eigenvalue weighted by Gasteiger charge is -2.10. The Morgan fingerprint density at radius 3 is 2.67 bits per heavy atom. The van der Waals surface area contributed by atoms with Gasteiger partial charge in [0.2, 0.25) is 0 Å². The third-order valence-electron chi connectivity index (χ3n) is 3.08. The number of benzene rings is 1. The van der Waals surface area contributed by atoms with Crippen molar-refractivity contribution in [1.29, 1.82) is 10.5 Å². The molecule has 2 rings (SSSR count). The molecule has 0 amide bonds. The van der Waals surface area contributed by atoms with Crippen molar-refractivity contribution in [2.75, 3.05) is 6.61 Å². The number of hydrogen-bond acceptors (Lipinski definition) is 4. The summed E-state index contributed by atoms with van der Waals surface area (Å²) in [5.74, 6) is 0.487. The molecule has 0 atom stereocenters. The first-order chi connectivity index (χ1) is 10.2. The van der Waals surface area contributed by atoms with Gasteiger partial charge in [0.25, 0.3) is 5.56 Å². The summed E-state index contributed by atoms with van der Waals surface area (Å²) in [7, 11) is 0. The Bertz CT molecular complexity index is 794. The van der Waals surface area contributed by atoms with Gasteiger partial charge < -0.3 is 9.30 Å². The monoisotopic (exact) mass is 279 g/mol. The van der Waals surface area contributed by atoms with Crippen molar-refractivity contribution in [1.82, 2.24) is 4.57 Å². The molecule has 0 saturated carbocycles. The highest BCUT2D eigenvalue weighted by Crippen LogP contribution is 2.16. The van der Waals surface area contributed by atoms with Gasteiger partial charge in [0, 0.05) is 6.20 Å². The van der Waals surface area contributed by atoms with Gasteiger partial charge in [0.15, 0.2) is 0 Å². The fourth-order valence-electron chi connectivity index (χ4n) is 1.92. The van der Waals surface area contributed by atoms with E-state index in [2.05, 4.69) is 0 Å². The van der Waals surface area contributed by atoms with Crippen LogP contribution < -0.4 is 10.3 Å². The third kappa shape index (κ3) is 3.10. The van der Waals surface area contributed by atoms with E-state index in [1.165, 1.54) is 4.57 Å². The van der Waals surface area contributed by atoms with Crippen LogP contribution in [0, 0.1) is 29.6 Å². The number of para-hydroxylation sites is 1. The molecule has 104 valence electrons. The van der Waals surface area contributed by atoms with Gasteiger partial charge >= 0.3 is 0 Å². The SMILES string of the molecule is Cc1ccn(CCOc2ccccc2C#N)c(=O)c1C#N. The van der Waals surface area contributed by atoms with Gasteiger partial charge in [0.05, 0.1) is 12.1 Å². The van der Waals surface area contributed by atoms with Crippen LogP contribution in [-0.2, 0) is 6.54 Å². The summed E-state index contributed by atoms with van der Waals surface area (Å²) in [6.45, 7) is 2.28. The average molecular weight is 279 g/mol. The minimum absolute atomic E-state index is 0.148. The van der Waals surface area contributed by atoms with E-state index in [0.717, 1.165) is 0 Å². The van der Waals surface area contributed by atoms with E-state index in [1.54, 1.807) is 43.5 Å². The lowest BCUT2D eigenvalue weighted by Crippen LogP contribution is -2.25. The second-order valence-corrected chi connectivity index (χ2v) is 4.44. The molecular formula is C16H13N3O2. The molecule has 1 heterocycles. The molecule has 1 aromatic heterocycles. The Kier molecular flexibility index (Phi) is 4.38. The van der Waals surface area contributed by atoms with Crippen molar-refractivity contribution in [3.05, 3.63) is 63.6 Å². The minimum Gasteiger partial charge on any atom is -0.490 e. The summed E-state index contributed by atoms with van der Waals surface area (Å²) in [4.78, 5) is 12.0. The van der Waals surface area contributed by atoms with Crippen LogP contribution >= 0.6 is 0 Å². The summed E-state index contributed by atoms with van der Waals surface area (Å²) in [6.07, 6.45) is 1.64. The Morgan fingerprint density at radius 2 is 1.95 bits per heavy atom. The van der Waals surface area contributed by atoms with Gasteiger partial charge in [-0.2, -0.15) is 10.5 Å². The van der Waals surface area contributed by atoms with Crippen molar-refractivity contribution in [3.8, 4) is 17.9 Å². The molecular weight excluding hydrogens is 266 g/mol. The number of aromatic nitrogens is 1. The first-order valence-corrected chi connectivity index (χ1v) is 6.39. The zero-order valence-corrected chi connectivity index (χ0v) is 11.5. The quantitative estimate of drug-likeness (QED) is 0.857. The third-order valence-corrected chi connectivity index (χ3v) is 3.08. The van der Waals surface area contributed by atoms with Crippen molar-refractivity contribution in [2.45, 2.75) is 13.5 Å². The van der Waals surface area contributed by atoms with Crippen LogP contribution in [0.15, 0.2) is 41.3 Å². The zero-order valence-electron chi connectivity index (χ0n) is 11.5. The zero-order chi connectivity index (χ0) is 15.2. The maximum absolute atomic E-state index is 12.0. The van der Waals surface area contributed by atoms with Gasteiger partial charge in [-0.05, 0) is 30.7 Å². The van der Waals surface area contributed by atoms with Gasteiger partial charge in [-0.1, -0.05) is 12.1 Å². The molecule has 0 aliphatic heterocycles. The van der Waals surface area contributed by atoms with Crippen LogP contribution in [0.4, 0.5) is 0 Å². The summed E-state index contributed by atoms with van der Waals surface area (Å²) in [5, 5.41) is 17.9. The lowest BCUT2D eigenvalue weighted by atomic mass is 10.2. The minimum atomic E-state index is -0.324. The largest absolute Gasteiger partial charge is 0.490 e. The molecule has 2 aromatic rings. The average Bonchev–Trinajstić information content (AvgIpc) is 2.50. The standard InChI is InChI=1S/C16H13N3O2/c1-12-6-7-19(16(20)14(12)11-18)8-9-21-15-5-3-2-4-13(15)10-17/h2-7H,8-9H2,1H3. The smallest absolute Gasteiger partial charge is 0.268 e. The van der Waals surface area contributed by atoms with Crippen LogP contribution in [0.1, 0.15) is 16.7 Å². The van der Waals surface area contributed by atoms with E-state index in [1.807, 2.05) is 12.1 Å². The van der Waals surface area contributed by atoms with E-state index < -0.39 is 0 Å². The van der Waals surface area contributed by atoms with E-state index in [4.69, 9.17) is 15.3 Å². The number of hydrogen-bond donors (Lipinski definition) is 0. The van der Waals surface area contributed by atoms with Gasteiger partial charge in [-0.3, -0.25) is 4.79 Å². The van der Waals surface area contributed by atoms with Crippen molar-refractivity contribution in [3.63, 3.8) is 0 Å². The van der Waals surface area contributed by atoms with Crippen molar-refractivity contribution in [2.24, 2.45) is 0 Å². The molecule has 0 aliphatic carbocycles. The Hall–Kier alpha value is -3.05. The predicted molar refractivity (Wildman–Crippen MR) is 76.8 cm³/mol. The molecule has 0 fully saturated rings. The fourth-order valence-corrected chi connectivity index (χ4v) is 1.92. The normalized spacial score (nSPS) is 9.67. The molecule has 5 nitrogen and oxygen atoms in total. The highest BCUT2D eigenvalue weighted by molar-refractivity contribution is 5.42. The number of pyridine rings is 1. The van der Waals surface area contributed by atoms with E-state index in [9.17, 15) is 4.79 Å². The first-order valence-electron chi connectivity index (χ1n) is 6.39. The lowest BCUT2D eigenvalue weighted by molar-refractivity contribution is 0.295. The van der Waals surface area contributed by atoms with E-state index >= 15 is 0 Å². The molecule has 5 heteroatoms. The Labute approximate surface area is 122 Å². The summed E-state index contributed by atoms with van der Waals surface area (Å²) in [6, 6.07) is 12.6. The molecule has 0 radical (unpaired) electrons. The molecule has 0 N–H and O–H groups in total. The number of aryl methyl sites for hydroxylation is 1. The maximum atomic E-state index is 12.0. The van der Waals surface area contributed by atoms with Gasteiger partial charge in [-0.15, -0.1) is 0 Å². The number of rotatable bonds is 4. The molecule has 1 aromatic carbocycles. The molecule has 21 heavy (non-hydrogen) atoms. The molecule has 0 unspecified atom stereocenters. The second kappa shape index (κ2) is 6.40. The number of nitrogens with zero attached hydrogens (tertiary/aromatic N) is 3. The molecule has 0 saturated heterocycles. The summed E-state index contributed by atoms with van der Waals surface area (Å²) < 4.78 is 6.96. The number of ether oxygens (including phenoxy) is 1. The van der Waals surface area contributed by atoms with Crippen molar-refractivity contribution >= 4 is 0 Å². The fraction of sp³-hybridized carbons (Fsp3) is 0.188. The second-order valence-electron chi connectivity index (χ2n) is 4.44. The highest BCUT2D eigenvalue weighted by Gasteiger charge is 2.07. The Morgan fingerprint density at radius 1 is 1.19 bits per heavy atom. The number of nitriles is 2. The van der Waals surface area contributed by atoms with Crippen LogP contribution in [0.25, 0.3) is 0 Å². The molecule has 0 spiro atoms. The highest BCUT2D eigenvalue weighted by atomic mass is 16.5.